The summed E-state index contributed by atoms with van der Waals surface area (Å²) >= 11 is 0. The van der Waals surface area contributed by atoms with E-state index < -0.39 is 80.6 Å². The normalized spacial score (nSPS) is 23.2. The van der Waals surface area contributed by atoms with Crippen molar-refractivity contribution in [3.05, 3.63) is 0 Å². The van der Waals surface area contributed by atoms with Gasteiger partial charge in [-0.3, -0.25) is 9.59 Å². The average Bonchev–Trinajstić information content (AvgIpc) is 2.91. The molecule has 13 heteroatoms. The molecule has 1 rings (SSSR count). The monoisotopic (exact) mass is 584 g/mol. The summed E-state index contributed by atoms with van der Waals surface area (Å²) in [5.41, 5.74) is 0. The number of hydrogen-bond donors (Lipinski definition) is 6. The molecule has 1 saturated heterocycles. The molecule has 2 amide bonds. The molecule has 12 nitrogen and oxygen atoms in total. The van der Waals surface area contributed by atoms with Crippen molar-refractivity contribution < 1.29 is 78.9 Å². The van der Waals surface area contributed by atoms with Crippen molar-refractivity contribution in [3.63, 3.8) is 0 Å². The molecule has 0 aromatic carbocycles. The summed E-state index contributed by atoms with van der Waals surface area (Å²) in [6.45, 7) is 1.48. The number of nitrogens with one attached hydrogen (secondary N) is 2. The van der Waals surface area contributed by atoms with Gasteiger partial charge in [0.2, 0.25) is 11.8 Å². The fourth-order valence-electron chi connectivity index (χ4n) is 4.36. The van der Waals surface area contributed by atoms with Gasteiger partial charge in [-0.1, -0.05) is 77.6 Å². The van der Waals surface area contributed by atoms with Crippen LogP contribution in [0.3, 0.4) is 0 Å². The fraction of sp³-hybridized carbons (Fsp3) is 0.889. The zero-order chi connectivity index (χ0) is 29.0. The Bertz CT molecular complexity index is 700. The molecule has 6 atom stereocenters. The number of aliphatic hydroxyl groups is 4. The van der Waals surface area contributed by atoms with Gasteiger partial charge >= 0.3 is 29.6 Å². The van der Waals surface area contributed by atoms with E-state index in [1.54, 1.807) is 0 Å². The number of aliphatic hydroxyl groups excluding tert-OH is 4. The molecular weight excluding hydrogens is 535 g/mol. The van der Waals surface area contributed by atoms with Gasteiger partial charge in [-0.05, 0) is 12.8 Å². The Labute approximate surface area is 259 Å². The number of carboxylic acids is 1. The predicted octanol–water partition coefficient (Wildman–Crippen LogP) is -3.36. The number of hydrogen-bond acceptors (Lipinski definition) is 10. The maximum absolute atomic E-state index is 12.7. The first-order chi connectivity index (χ1) is 18.7. The molecule has 1 aliphatic heterocycles. The van der Waals surface area contributed by atoms with Gasteiger partial charge in [0, 0.05) is 18.9 Å². The van der Waals surface area contributed by atoms with Crippen LogP contribution in [-0.4, -0.2) is 94.7 Å². The van der Waals surface area contributed by atoms with Crippen molar-refractivity contribution in [1.29, 1.82) is 0 Å². The van der Waals surface area contributed by atoms with Gasteiger partial charge in [0.1, 0.15) is 30.5 Å². The minimum atomic E-state index is -1.67. The first-order valence-electron chi connectivity index (χ1n) is 14.4. The average molecular weight is 585 g/mol. The number of ether oxygens (including phenoxy) is 2. The minimum absolute atomic E-state index is 0. The minimum Gasteiger partial charge on any atom is -0.550 e. The second kappa shape index (κ2) is 23.7. The zero-order valence-electron chi connectivity index (χ0n) is 24.2. The number of aliphatic carboxylic acids is 1. The quantitative estimate of drug-likeness (QED) is 0.0552. The van der Waals surface area contributed by atoms with Gasteiger partial charge in [-0.25, -0.2) is 0 Å². The van der Waals surface area contributed by atoms with Crippen LogP contribution in [-0.2, 0) is 23.9 Å². The fourth-order valence-corrected chi connectivity index (χ4v) is 4.36. The van der Waals surface area contributed by atoms with Crippen LogP contribution in [0.4, 0.5) is 0 Å². The van der Waals surface area contributed by atoms with Gasteiger partial charge in [-0.15, -0.1) is 0 Å². The third kappa shape index (κ3) is 16.6. The standard InChI is InChI=1S/C27H50N2O10.Na/c1-2-3-4-5-6-7-8-9-10-11-12-13-16-28-26(37)19(29-21(31)14-15-22(32)33)18-38-27-25(36)24(35)23(34)20(17-30)39-27;/h19-20,23-25,27,30,34-36H,2-18H2,1H3,(H,28,37)(H,29,31)(H,32,33);/q;+1/p-1/t19?,20-,23+,24+,25-,27-;/m1./s1. The molecule has 0 aliphatic carbocycles. The van der Waals surface area contributed by atoms with Crippen molar-refractivity contribution in [1.82, 2.24) is 10.6 Å². The van der Waals surface area contributed by atoms with Crippen LogP contribution in [0.5, 0.6) is 0 Å². The third-order valence-corrected chi connectivity index (χ3v) is 6.81. The Kier molecular flexibility index (Phi) is 23.2. The van der Waals surface area contributed by atoms with Crippen molar-refractivity contribution >= 4 is 17.8 Å². The number of carbonyl (C=O) groups is 3. The second-order valence-electron chi connectivity index (χ2n) is 10.2. The van der Waals surface area contributed by atoms with Gasteiger partial charge < -0.3 is 50.4 Å². The smallest absolute Gasteiger partial charge is 0.550 e. The number of amides is 2. The Balaban J connectivity index is 0.0000152. The first-order valence-corrected chi connectivity index (χ1v) is 14.4. The second-order valence-corrected chi connectivity index (χ2v) is 10.2. The Morgan fingerprint density at radius 1 is 0.850 bits per heavy atom. The molecule has 0 saturated carbocycles. The van der Waals surface area contributed by atoms with Crippen LogP contribution < -0.4 is 45.3 Å². The zero-order valence-corrected chi connectivity index (χ0v) is 26.2. The molecule has 0 radical (unpaired) electrons. The van der Waals surface area contributed by atoms with Gasteiger partial charge in [0.25, 0.3) is 0 Å². The summed E-state index contributed by atoms with van der Waals surface area (Å²) < 4.78 is 10.7. The largest absolute Gasteiger partial charge is 1.00 e. The van der Waals surface area contributed by atoms with Crippen LogP contribution in [0.15, 0.2) is 0 Å². The van der Waals surface area contributed by atoms with Crippen LogP contribution in [0.1, 0.15) is 96.8 Å². The molecule has 228 valence electrons. The molecule has 0 bridgehead atoms. The number of carbonyl (C=O) groups excluding carboxylic acids is 3. The van der Waals surface area contributed by atoms with E-state index in [1.807, 2.05) is 0 Å². The van der Waals surface area contributed by atoms with Gasteiger partial charge in [0.15, 0.2) is 6.29 Å². The summed E-state index contributed by atoms with van der Waals surface area (Å²) in [5.74, 6) is -2.68. The van der Waals surface area contributed by atoms with E-state index in [1.165, 1.54) is 51.4 Å². The number of rotatable bonds is 22. The van der Waals surface area contributed by atoms with Gasteiger partial charge in [0.05, 0.1) is 13.2 Å². The SMILES string of the molecule is CCCCCCCCCCCCCCNC(=O)C(CO[C@@H]1O[C@H](CO)[C@H](O)[C@H](O)[C@H]1O)NC(=O)CCC(=O)[O-].[Na+]. The van der Waals surface area contributed by atoms with Crippen LogP contribution >= 0.6 is 0 Å². The van der Waals surface area contributed by atoms with Crippen molar-refractivity contribution in [2.24, 2.45) is 0 Å². The maximum Gasteiger partial charge on any atom is 1.00 e. The molecule has 1 fully saturated rings. The Hall–Kier alpha value is -0.830. The van der Waals surface area contributed by atoms with Crippen LogP contribution in [0.25, 0.3) is 0 Å². The van der Waals surface area contributed by atoms with E-state index in [2.05, 4.69) is 17.6 Å². The summed E-state index contributed by atoms with van der Waals surface area (Å²) in [4.78, 5) is 35.5. The van der Waals surface area contributed by atoms with E-state index in [9.17, 15) is 39.9 Å². The molecule has 0 aromatic heterocycles. The Morgan fingerprint density at radius 3 is 1.93 bits per heavy atom. The number of carboxylic acid groups (broad SMARTS) is 1. The van der Waals surface area contributed by atoms with E-state index in [0.29, 0.717) is 6.54 Å². The predicted molar refractivity (Wildman–Crippen MR) is 140 cm³/mol. The van der Waals surface area contributed by atoms with Gasteiger partial charge in [-0.2, -0.15) is 0 Å². The molecule has 6 N–H and O–H groups in total. The molecule has 1 aliphatic rings. The molecular formula is C27H49N2NaO10. The topological polar surface area (TPSA) is 198 Å². The van der Waals surface area contributed by atoms with Crippen molar-refractivity contribution in [2.45, 2.75) is 134 Å². The molecule has 1 unspecified atom stereocenters. The third-order valence-electron chi connectivity index (χ3n) is 6.81. The van der Waals surface area contributed by atoms with E-state index in [-0.39, 0.29) is 29.6 Å². The van der Waals surface area contributed by atoms with Crippen LogP contribution in [0, 0.1) is 0 Å². The number of unbranched alkanes of at least 4 members (excludes halogenated alkanes) is 11. The molecule has 1 heterocycles. The Morgan fingerprint density at radius 2 is 1.40 bits per heavy atom. The maximum atomic E-state index is 12.7. The summed E-state index contributed by atoms with van der Waals surface area (Å²) in [6, 6.07) is -1.23. The van der Waals surface area contributed by atoms with E-state index in [0.717, 1.165) is 25.7 Å². The van der Waals surface area contributed by atoms with E-state index >= 15 is 0 Å². The van der Waals surface area contributed by atoms with E-state index in [4.69, 9.17) is 9.47 Å². The van der Waals surface area contributed by atoms with Crippen molar-refractivity contribution in [2.75, 3.05) is 19.8 Å². The summed E-state index contributed by atoms with van der Waals surface area (Å²) in [7, 11) is 0. The molecule has 0 aromatic rings. The first kappa shape index (κ1) is 39.2. The van der Waals surface area contributed by atoms with Crippen molar-refractivity contribution in [3.8, 4) is 0 Å². The molecule has 0 spiro atoms. The molecule has 40 heavy (non-hydrogen) atoms. The van der Waals surface area contributed by atoms with Crippen LogP contribution in [0.2, 0.25) is 0 Å². The summed E-state index contributed by atoms with van der Waals surface area (Å²) in [5, 5.41) is 55.0. The summed E-state index contributed by atoms with van der Waals surface area (Å²) in [6.07, 6.45) is 5.68.